The van der Waals surface area contributed by atoms with Crippen molar-refractivity contribution in [3.63, 3.8) is 0 Å². The minimum atomic E-state index is 0.263. The minimum Gasteiger partial charge on any atom is -0.308 e. The molecule has 0 aromatic heterocycles. The molecule has 2 nitrogen and oxygen atoms in total. The Labute approximate surface area is 136 Å². The van der Waals surface area contributed by atoms with Crippen molar-refractivity contribution in [3.05, 3.63) is 69.7 Å². The first-order valence-corrected chi connectivity index (χ1v) is 7.68. The van der Waals surface area contributed by atoms with Crippen molar-refractivity contribution in [3.8, 4) is 0 Å². The molecule has 0 saturated heterocycles. The molecule has 0 amide bonds. The number of rotatable bonds is 6. The van der Waals surface area contributed by atoms with Gasteiger partial charge in [0.2, 0.25) is 0 Å². The van der Waals surface area contributed by atoms with E-state index in [1.807, 2.05) is 18.2 Å². The van der Waals surface area contributed by atoms with Crippen LogP contribution in [0.5, 0.6) is 0 Å². The molecule has 21 heavy (non-hydrogen) atoms. The molecular formula is C17H20Cl2N2. The molecule has 1 atom stereocenters. The standard InChI is InChI=1S/C17H20Cl2N2/c1-21(2)12-17(14-6-4-3-5-7-14)20-11-13-8-15(18)10-16(19)9-13/h3-10,17,20H,11-12H2,1-2H3. The largest absolute Gasteiger partial charge is 0.308 e. The Morgan fingerprint density at radius 2 is 1.62 bits per heavy atom. The molecule has 0 heterocycles. The molecule has 1 N–H and O–H groups in total. The number of nitrogens with zero attached hydrogens (tertiary/aromatic N) is 1. The van der Waals surface area contributed by atoms with Crippen molar-refractivity contribution in [1.82, 2.24) is 10.2 Å². The van der Waals surface area contributed by atoms with Gasteiger partial charge >= 0.3 is 0 Å². The fraction of sp³-hybridized carbons (Fsp3) is 0.294. The summed E-state index contributed by atoms with van der Waals surface area (Å²) in [6.07, 6.45) is 0. The Balaban J connectivity index is 2.08. The molecule has 0 spiro atoms. The summed E-state index contributed by atoms with van der Waals surface area (Å²) in [6, 6.07) is 16.4. The maximum Gasteiger partial charge on any atom is 0.0451 e. The molecule has 0 fully saturated rings. The van der Waals surface area contributed by atoms with Gasteiger partial charge < -0.3 is 10.2 Å². The monoisotopic (exact) mass is 322 g/mol. The summed E-state index contributed by atoms with van der Waals surface area (Å²) in [7, 11) is 4.15. The second kappa shape index (κ2) is 7.81. The van der Waals surface area contributed by atoms with Crippen molar-refractivity contribution >= 4 is 23.2 Å². The van der Waals surface area contributed by atoms with E-state index in [-0.39, 0.29) is 6.04 Å². The van der Waals surface area contributed by atoms with Crippen LogP contribution in [0.3, 0.4) is 0 Å². The van der Waals surface area contributed by atoms with E-state index in [0.29, 0.717) is 10.0 Å². The maximum absolute atomic E-state index is 6.05. The first-order valence-electron chi connectivity index (χ1n) is 6.92. The van der Waals surface area contributed by atoms with Gasteiger partial charge in [-0.25, -0.2) is 0 Å². The Morgan fingerprint density at radius 1 is 1.00 bits per heavy atom. The van der Waals surface area contributed by atoms with Gasteiger partial charge in [-0.3, -0.25) is 0 Å². The molecule has 0 saturated carbocycles. The van der Waals surface area contributed by atoms with Gasteiger partial charge in [0.15, 0.2) is 0 Å². The number of benzene rings is 2. The maximum atomic E-state index is 6.05. The number of hydrogen-bond acceptors (Lipinski definition) is 2. The Bertz CT molecular complexity index is 550. The lowest BCUT2D eigenvalue weighted by Gasteiger charge is -2.23. The second-order valence-electron chi connectivity index (χ2n) is 5.38. The van der Waals surface area contributed by atoms with Crippen molar-refractivity contribution in [1.29, 1.82) is 0 Å². The highest BCUT2D eigenvalue weighted by Gasteiger charge is 2.12. The Kier molecular flexibility index (Phi) is 6.07. The molecular weight excluding hydrogens is 303 g/mol. The Hall–Kier alpha value is -1.06. The van der Waals surface area contributed by atoms with Crippen LogP contribution in [-0.4, -0.2) is 25.5 Å². The van der Waals surface area contributed by atoms with E-state index in [1.54, 1.807) is 6.07 Å². The van der Waals surface area contributed by atoms with Gasteiger partial charge in [-0.2, -0.15) is 0 Å². The van der Waals surface area contributed by atoms with E-state index >= 15 is 0 Å². The fourth-order valence-electron chi connectivity index (χ4n) is 2.29. The van der Waals surface area contributed by atoms with Crippen LogP contribution in [0.2, 0.25) is 10.0 Å². The van der Waals surface area contributed by atoms with E-state index in [4.69, 9.17) is 23.2 Å². The molecule has 112 valence electrons. The van der Waals surface area contributed by atoms with Crippen molar-refractivity contribution in [2.75, 3.05) is 20.6 Å². The smallest absolute Gasteiger partial charge is 0.0451 e. The van der Waals surface area contributed by atoms with E-state index in [9.17, 15) is 0 Å². The van der Waals surface area contributed by atoms with Crippen molar-refractivity contribution in [2.24, 2.45) is 0 Å². The second-order valence-corrected chi connectivity index (χ2v) is 6.26. The molecule has 1 unspecified atom stereocenters. The van der Waals surface area contributed by atoms with Gasteiger partial charge in [0.1, 0.15) is 0 Å². The summed E-state index contributed by atoms with van der Waals surface area (Å²) in [6.45, 7) is 1.66. The summed E-state index contributed by atoms with van der Waals surface area (Å²) in [4.78, 5) is 2.18. The van der Waals surface area contributed by atoms with E-state index in [2.05, 4.69) is 48.6 Å². The quantitative estimate of drug-likeness (QED) is 0.848. The summed E-state index contributed by atoms with van der Waals surface area (Å²) in [5.41, 5.74) is 2.37. The predicted octanol–water partition coefficient (Wildman–Crippen LogP) is 4.39. The summed E-state index contributed by atoms with van der Waals surface area (Å²) in [5.74, 6) is 0. The van der Waals surface area contributed by atoms with Crippen LogP contribution in [-0.2, 0) is 6.54 Å². The summed E-state index contributed by atoms with van der Waals surface area (Å²) in [5, 5.41) is 4.92. The van der Waals surface area contributed by atoms with E-state index < -0.39 is 0 Å². The van der Waals surface area contributed by atoms with Gasteiger partial charge in [0.25, 0.3) is 0 Å². The third-order valence-corrected chi connectivity index (χ3v) is 3.66. The highest BCUT2D eigenvalue weighted by atomic mass is 35.5. The third-order valence-electron chi connectivity index (χ3n) is 3.22. The van der Waals surface area contributed by atoms with Gasteiger partial charge in [0.05, 0.1) is 0 Å². The van der Waals surface area contributed by atoms with Crippen LogP contribution in [0.4, 0.5) is 0 Å². The lowest BCUT2D eigenvalue weighted by Crippen LogP contribution is -2.30. The zero-order valence-corrected chi connectivity index (χ0v) is 13.8. The highest BCUT2D eigenvalue weighted by Crippen LogP contribution is 2.20. The van der Waals surface area contributed by atoms with Crippen molar-refractivity contribution < 1.29 is 0 Å². The van der Waals surface area contributed by atoms with Gasteiger partial charge in [0, 0.05) is 29.2 Å². The molecule has 0 radical (unpaired) electrons. The fourth-order valence-corrected chi connectivity index (χ4v) is 2.86. The minimum absolute atomic E-state index is 0.263. The zero-order valence-electron chi connectivity index (χ0n) is 12.3. The van der Waals surface area contributed by atoms with Gasteiger partial charge in [-0.15, -0.1) is 0 Å². The first kappa shape index (κ1) is 16.3. The molecule has 0 aliphatic carbocycles. The van der Waals surface area contributed by atoms with Crippen molar-refractivity contribution in [2.45, 2.75) is 12.6 Å². The predicted molar refractivity (Wildman–Crippen MR) is 91.0 cm³/mol. The molecule has 4 heteroatoms. The number of hydrogen-bond donors (Lipinski definition) is 1. The molecule has 0 aliphatic heterocycles. The van der Waals surface area contributed by atoms with E-state index in [0.717, 1.165) is 18.7 Å². The van der Waals surface area contributed by atoms with Gasteiger partial charge in [-0.05, 0) is 43.4 Å². The lowest BCUT2D eigenvalue weighted by atomic mass is 10.1. The Morgan fingerprint density at radius 3 is 2.19 bits per heavy atom. The average molecular weight is 323 g/mol. The molecule has 0 bridgehead atoms. The van der Waals surface area contributed by atoms with Gasteiger partial charge in [-0.1, -0.05) is 53.5 Å². The molecule has 2 aromatic rings. The summed E-state index contributed by atoms with van der Waals surface area (Å²) < 4.78 is 0. The topological polar surface area (TPSA) is 15.3 Å². The van der Waals surface area contributed by atoms with E-state index in [1.165, 1.54) is 5.56 Å². The average Bonchev–Trinajstić information content (AvgIpc) is 2.43. The van der Waals surface area contributed by atoms with Crippen LogP contribution in [0.25, 0.3) is 0 Å². The molecule has 0 aliphatic rings. The number of halogens is 2. The van der Waals surface area contributed by atoms with Crippen LogP contribution in [0, 0.1) is 0 Å². The van der Waals surface area contributed by atoms with Crippen LogP contribution in [0.15, 0.2) is 48.5 Å². The molecule has 2 aromatic carbocycles. The third kappa shape index (κ3) is 5.33. The van der Waals surface area contributed by atoms with Crippen LogP contribution in [0.1, 0.15) is 17.2 Å². The van der Waals surface area contributed by atoms with Crippen LogP contribution >= 0.6 is 23.2 Å². The normalized spacial score (nSPS) is 12.6. The lowest BCUT2D eigenvalue weighted by molar-refractivity contribution is 0.340. The molecule has 2 rings (SSSR count). The number of likely N-dealkylation sites (N-methyl/N-ethyl adjacent to an activating group) is 1. The highest BCUT2D eigenvalue weighted by molar-refractivity contribution is 6.34. The first-order chi connectivity index (χ1) is 10.0. The number of nitrogens with one attached hydrogen (secondary N) is 1. The zero-order chi connectivity index (χ0) is 15.2. The SMILES string of the molecule is CN(C)CC(NCc1cc(Cl)cc(Cl)c1)c1ccccc1. The summed E-state index contributed by atoms with van der Waals surface area (Å²) >= 11 is 12.1. The van der Waals surface area contributed by atoms with Crippen LogP contribution < -0.4 is 5.32 Å².